The van der Waals surface area contributed by atoms with Crippen LogP contribution in [0.1, 0.15) is 15.9 Å². The molecule has 0 heterocycles. The second-order valence-electron chi connectivity index (χ2n) is 4.19. The van der Waals surface area contributed by atoms with Crippen LogP contribution in [0, 0.1) is 0 Å². The molecule has 0 saturated heterocycles. The van der Waals surface area contributed by atoms with Gasteiger partial charge in [0.2, 0.25) is 0 Å². The van der Waals surface area contributed by atoms with Crippen molar-refractivity contribution in [2.75, 3.05) is 6.61 Å². The Kier molecular flexibility index (Phi) is 4.95. The van der Waals surface area contributed by atoms with Crippen LogP contribution in [0.4, 0.5) is 0 Å². The van der Waals surface area contributed by atoms with E-state index in [2.05, 4.69) is 6.58 Å². The van der Waals surface area contributed by atoms with E-state index in [4.69, 9.17) is 9.47 Å². The van der Waals surface area contributed by atoms with Crippen LogP contribution in [-0.2, 0) is 11.3 Å². The van der Waals surface area contributed by atoms with Gasteiger partial charge in [-0.15, -0.1) is 0 Å². The van der Waals surface area contributed by atoms with Crippen molar-refractivity contribution in [3.63, 3.8) is 0 Å². The van der Waals surface area contributed by atoms with E-state index in [0.29, 0.717) is 17.9 Å². The topological polar surface area (TPSA) is 35.5 Å². The molecule has 0 aliphatic carbocycles. The lowest BCUT2D eigenvalue weighted by Gasteiger charge is -2.08. The number of benzene rings is 2. The Morgan fingerprint density at radius 3 is 2.65 bits per heavy atom. The molecule has 102 valence electrons. The molecule has 0 amide bonds. The number of hydrogen-bond donors (Lipinski definition) is 0. The van der Waals surface area contributed by atoms with Gasteiger partial charge in [0.1, 0.15) is 19.0 Å². The van der Waals surface area contributed by atoms with Crippen molar-refractivity contribution in [3.05, 3.63) is 78.4 Å². The summed E-state index contributed by atoms with van der Waals surface area (Å²) in [5.74, 6) is 0.261. The number of carbonyl (C=O) groups is 1. The van der Waals surface area contributed by atoms with Gasteiger partial charge in [-0.05, 0) is 23.8 Å². The summed E-state index contributed by atoms with van der Waals surface area (Å²) in [5.41, 5.74) is 1.55. The van der Waals surface area contributed by atoms with Crippen molar-refractivity contribution in [2.24, 2.45) is 0 Å². The summed E-state index contributed by atoms with van der Waals surface area (Å²) in [6.45, 7) is 4.17. The van der Waals surface area contributed by atoms with E-state index < -0.39 is 0 Å². The van der Waals surface area contributed by atoms with E-state index in [1.54, 1.807) is 18.2 Å². The third-order valence-electron chi connectivity index (χ3n) is 2.65. The molecule has 0 N–H and O–H groups in total. The number of carbonyl (C=O) groups excluding carboxylic acids is 1. The van der Waals surface area contributed by atoms with Gasteiger partial charge in [-0.25, -0.2) is 4.79 Å². The Labute approximate surface area is 118 Å². The summed E-state index contributed by atoms with van der Waals surface area (Å²) in [4.78, 5) is 11.7. The first-order chi connectivity index (χ1) is 9.79. The van der Waals surface area contributed by atoms with Crippen molar-refractivity contribution >= 4 is 5.97 Å². The molecule has 0 fully saturated rings. The van der Waals surface area contributed by atoms with E-state index in [9.17, 15) is 4.79 Å². The molecule has 2 aromatic carbocycles. The van der Waals surface area contributed by atoms with Gasteiger partial charge in [-0.3, -0.25) is 0 Å². The van der Waals surface area contributed by atoms with E-state index in [1.165, 1.54) is 6.08 Å². The van der Waals surface area contributed by atoms with Crippen LogP contribution < -0.4 is 4.74 Å². The molecule has 0 unspecified atom stereocenters. The molecule has 0 aromatic heterocycles. The summed E-state index contributed by atoms with van der Waals surface area (Å²) >= 11 is 0. The normalized spacial score (nSPS) is 9.80. The van der Waals surface area contributed by atoms with E-state index in [0.717, 1.165) is 5.56 Å². The zero-order valence-corrected chi connectivity index (χ0v) is 11.1. The fourth-order valence-corrected chi connectivity index (χ4v) is 1.67. The summed E-state index contributed by atoms with van der Waals surface area (Å²) in [5, 5.41) is 0. The molecular formula is C17H16O3. The molecule has 3 nitrogen and oxygen atoms in total. The molecule has 0 aliphatic heterocycles. The highest BCUT2D eigenvalue weighted by Crippen LogP contribution is 2.16. The minimum absolute atomic E-state index is 0.202. The van der Waals surface area contributed by atoms with Crippen molar-refractivity contribution in [3.8, 4) is 5.75 Å². The summed E-state index contributed by atoms with van der Waals surface area (Å²) in [6, 6.07) is 16.8. The van der Waals surface area contributed by atoms with Crippen molar-refractivity contribution in [1.29, 1.82) is 0 Å². The fraction of sp³-hybridized carbons (Fsp3) is 0.118. The Morgan fingerprint density at radius 1 is 1.10 bits per heavy atom. The average Bonchev–Trinajstić information content (AvgIpc) is 2.52. The van der Waals surface area contributed by atoms with Gasteiger partial charge in [-0.2, -0.15) is 0 Å². The maximum absolute atomic E-state index is 11.7. The van der Waals surface area contributed by atoms with E-state index in [1.807, 2.05) is 36.4 Å². The first-order valence-electron chi connectivity index (χ1n) is 6.34. The molecule has 2 rings (SSSR count). The number of ether oxygens (including phenoxy) is 2. The van der Waals surface area contributed by atoms with Gasteiger partial charge in [0.05, 0.1) is 5.56 Å². The van der Waals surface area contributed by atoms with Gasteiger partial charge in [-0.1, -0.05) is 49.1 Å². The lowest BCUT2D eigenvalue weighted by atomic mass is 10.2. The van der Waals surface area contributed by atoms with Crippen LogP contribution in [-0.4, -0.2) is 12.6 Å². The van der Waals surface area contributed by atoms with Gasteiger partial charge in [0.15, 0.2) is 0 Å². The van der Waals surface area contributed by atoms with Gasteiger partial charge < -0.3 is 9.47 Å². The smallest absolute Gasteiger partial charge is 0.338 e. The largest absolute Gasteiger partial charge is 0.489 e. The number of esters is 1. The van der Waals surface area contributed by atoms with Crippen molar-refractivity contribution in [2.45, 2.75) is 6.61 Å². The van der Waals surface area contributed by atoms with Crippen LogP contribution in [0.15, 0.2) is 67.3 Å². The van der Waals surface area contributed by atoms with Crippen LogP contribution in [0.25, 0.3) is 0 Å². The van der Waals surface area contributed by atoms with Crippen molar-refractivity contribution < 1.29 is 14.3 Å². The Bertz CT molecular complexity index is 576. The number of hydrogen-bond acceptors (Lipinski definition) is 3. The lowest BCUT2D eigenvalue weighted by Crippen LogP contribution is -2.05. The molecule has 0 spiro atoms. The second-order valence-corrected chi connectivity index (χ2v) is 4.19. The third-order valence-corrected chi connectivity index (χ3v) is 2.65. The van der Waals surface area contributed by atoms with Crippen LogP contribution in [0.3, 0.4) is 0 Å². The molecule has 0 aliphatic rings. The highest BCUT2D eigenvalue weighted by molar-refractivity contribution is 5.89. The third kappa shape index (κ3) is 3.99. The minimum atomic E-state index is -0.380. The standard InChI is InChI=1S/C17H16O3/c1-2-11-19-17(18)15-9-6-10-16(12-15)20-13-14-7-4-3-5-8-14/h2-10,12H,1,11,13H2. The molecular weight excluding hydrogens is 252 g/mol. The van der Waals surface area contributed by atoms with Gasteiger partial charge in [0.25, 0.3) is 0 Å². The molecule has 0 saturated carbocycles. The second kappa shape index (κ2) is 7.14. The Balaban J connectivity index is 1.99. The molecule has 0 bridgehead atoms. The predicted octanol–water partition coefficient (Wildman–Crippen LogP) is 3.61. The molecule has 2 aromatic rings. The van der Waals surface area contributed by atoms with Gasteiger partial charge >= 0.3 is 5.97 Å². The van der Waals surface area contributed by atoms with E-state index >= 15 is 0 Å². The van der Waals surface area contributed by atoms with Crippen LogP contribution in [0.2, 0.25) is 0 Å². The zero-order chi connectivity index (χ0) is 14.2. The van der Waals surface area contributed by atoms with E-state index in [-0.39, 0.29) is 12.6 Å². The number of rotatable bonds is 6. The fourth-order valence-electron chi connectivity index (χ4n) is 1.67. The monoisotopic (exact) mass is 268 g/mol. The predicted molar refractivity (Wildman–Crippen MR) is 77.7 cm³/mol. The quantitative estimate of drug-likeness (QED) is 0.593. The highest BCUT2D eigenvalue weighted by Gasteiger charge is 2.07. The maximum Gasteiger partial charge on any atom is 0.338 e. The first-order valence-corrected chi connectivity index (χ1v) is 6.34. The summed E-state index contributed by atoms with van der Waals surface area (Å²) in [6.07, 6.45) is 1.54. The summed E-state index contributed by atoms with van der Waals surface area (Å²) in [7, 11) is 0. The Hall–Kier alpha value is -2.55. The molecule has 0 atom stereocenters. The van der Waals surface area contributed by atoms with Crippen LogP contribution in [0.5, 0.6) is 5.75 Å². The van der Waals surface area contributed by atoms with Crippen LogP contribution >= 0.6 is 0 Å². The maximum atomic E-state index is 11.7. The first kappa shape index (κ1) is 13.9. The van der Waals surface area contributed by atoms with Crippen molar-refractivity contribution in [1.82, 2.24) is 0 Å². The molecule has 0 radical (unpaired) electrons. The lowest BCUT2D eigenvalue weighted by molar-refractivity contribution is 0.0549. The molecule has 3 heteroatoms. The zero-order valence-electron chi connectivity index (χ0n) is 11.1. The molecule has 20 heavy (non-hydrogen) atoms. The average molecular weight is 268 g/mol. The summed E-state index contributed by atoms with van der Waals surface area (Å²) < 4.78 is 10.6. The Morgan fingerprint density at radius 2 is 1.90 bits per heavy atom. The minimum Gasteiger partial charge on any atom is -0.489 e. The van der Waals surface area contributed by atoms with Gasteiger partial charge in [0, 0.05) is 0 Å². The SMILES string of the molecule is C=CCOC(=O)c1cccc(OCc2ccccc2)c1. The highest BCUT2D eigenvalue weighted by atomic mass is 16.5.